The summed E-state index contributed by atoms with van der Waals surface area (Å²) >= 11 is 0. The molecule has 1 unspecified atom stereocenters. The molecule has 1 aliphatic rings. The predicted octanol–water partition coefficient (Wildman–Crippen LogP) is 2.42. The van der Waals surface area contributed by atoms with Gasteiger partial charge in [-0.3, -0.25) is 0 Å². The van der Waals surface area contributed by atoms with Crippen molar-refractivity contribution in [2.24, 2.45) is 0 Å². The average Bonchev–Trinajstić information content (AvgIpc) is 2.95. The molecule has 0 aromatic heterocycles. The minimum atomic E-state index is -4.30. The second-order valence-corrected chi connectivity index (χ2v) is 3.34. The fourth-order valence-electron chi connectivity index (χ4n) is 1.38. The highest BCUT2D eigenvalue weighted by atomic mass is 19.4. The summed E-state index contributed by atoms with van der Waals surface area (Å²) in [4.78, 5) is 1.74. The molecule has 5 heteroatoms. The molecule has 1 heterocycles. The largest absolute Gasteiger partial charge is 0.416 e. The highest BCUT2D eigenvalue weighted by Crippen LogP contribution is 2.33. The molecule has 1 saturated heterocycles. The molecule has 0 amide bonds. The summed E-state index contributed by atoms with van der Waals surface area (Å²) in [6.07, 6.45) is -4.30. The lowest BCUT2D eigenvalue weighted by Gasteiger charge is -2.08. The van der Waals surface area contributed by atoms with Gasteiger partial charge in [0.25, 0.3) is 0 Å². The minimum absolute atomic E-state index is 0.179. The van der Waals surface area contributed by atoms with Crippen LogP contribution in [0.3, 0.4) is 0 Å². The molecule has 1 aliphatic heterocycles. The molecule has 0 bridgehead atoms. The van der Waals surface area contributed by atoms with Crippen LogP contribution in [0.2, 0.25) is 0 Å². The summed E-state index contributed by atoms with van der Waals surface area (Å²) in [7, 11) is 0. The highest BCUT2D eigenvalue weighted by Gasteiger charge is 2.35. The Balaban J connectivity index is 2.16. The Kier molecular flexibility index (Phi) is 2.07. The predicted molar refractivity (Wildman–Crippen MR) is 48.2 cm³/mol. The number of alkyl halides is 3. The number of anilines is 1. The van der Waals surface area contributed by atoms with E-state index >= 15 is 0 Å². The van der Waals surface area contributed by atoms with E-state index in [0.717, 1.165) is 12.1 Å². The van der Waals surface area contributed by atoms with Gasteiger partial charge in [0, 0.05) is 5.69 Å². The summed E-state index contributed by atoms with van der Waals surface area (Å²) in [5, 5.41) is 8.55. The number of nitrogens with zero attached hydrogens (tertiary/aromatic N) is 2. The van der Waals surface area contributed by atoms with Gasteiger partial charge in [0.05, 0.1) is 18.2 Å². The van der Waals surface area contributed by atoms with E-state index in [-0.39, 0.29) is 6.04 Å². The molecule has 0 spiro atoms. The molecule has 0 aliphatic carbocycles. The summed E-state index contributed by atoms with van der Waals surface area (Å²) in [6, 6.07) is 6.69. The number of nitriles is 1. The van der Waals surface area contributed by atoms with E-state index in [9.17, 15) is 13.2 Å². The van der Waals surface area contributed by atoms with Crippen LogP contribution in [0.25, 0.3) is 0 Å². The van der Waals surface area contributed by atoms with Crippen molar-refractivity contribution in [1.82, 2.24) is 0 Å². The Hall–Kier alpha value is -1.70. The van der Waals surface area contributed by atoms with Crippen LogP contribution >= 0.6 is 0 Å². The number of hydrogen-bond acceptors (Lipinski definition) is 2. The van der Waals surface area contributed by atoms with Crippen molar-refractivity contribution in [3.05, 3.63) is 29.8 Å². The van der Waals surface area contributed by atoms with Crippen molar-refractivity contribution in [1.29, 1.82) is 5.26 Å². The van der Waals surface area contributed by atoms with Crippen molar-refractivity contribution < 1.29 is 13.2 Å². The molecule has 0 N–H and O–H groups in total. The Labute approximate surface area is 84.5 Å². The monoisotopic (exact) mass is 212 g/mol. The van der Waals surface area contributed by atoms with Crippen LogP contribution in [-0.2, 0) is 6.18 Å². The first-order valence-corrected chi connectivity index (χ1v) is 4.36. The van der Waals surface area contributed by atoms with Gasteiger partial charge in [-0.1, -0.05) is 0 Å². The van der Waals surface area contributed by atoms with Gasteiger partial charge in [-0.05, 0) is 24.3 Å². The van der Waals surface area contributed by atoms with Crippen LogP contribution in [0.4, 0.5) is 18.9 Å². The van der Waals surface area contributed by atoms with E-state index < -0.39 is 11.7 Å². The standard InChI is InChI=1S/C10H7F3N2/c11-10(12,13)7-1-3-8(4-2-7)15-6-9(15)5-14/h1-4,9H,6H2. The lowest BCUT2D eigenvalue weighted by molar-refractivity contribution is -0.137. The normalized spacial score (nSPS) is 19.9. The van der Waals surface area contributed by atoms with E-state index in [0.29, 0.717) is 12.2 Å². The summed E-state index contributed by atoms with van der Waals surface area (Å²) in [5.74, 6) is 0. The summed E-state index contributed by atoms with van der Waals surface area (Å²) in [5.41, 5.74) is -0.00356. The second-order valence-electron chi connectivity index (χ2n) is 3.34. The van der Waals surface area contributed by atoms with E-state index in [1.165, 1.54) is 12.1 Å². The SMILES string of the molecule is N#CC1CN1c1ccc(C(F)(F)F)cc1. The van der Waals surface area contributed by atoms with E-state index in [1.54, 1.807) is 4.90 Å². The van der Waals surface area contributed by atoms with Crippen LogP contribution in [0.1, 0.15) is 5.56 Å². The van der Waals surface area contributed by atoms with Crippen LogP contribution in [0.5, 0.6) is 0 Å². The molecule has 1 fully saturated rings. The van der Waals surface area contributed by atoms with Gasteiger partial charge in [0.1, 0.15) is 6.04 Å². The Morgan fingerprint density at radius 2 is 1.87 bits per heavy atom. The third-order valence-corrected chi connectivity index (χ3v) is 2.29. The maximum atomic E-state index is 12.2. The number of hydrogen-bond donors (Lipinski definition) is 0. The fraction of sp³-hybridized carbons (Fsp3) is 0.300. The molecule has 15 heavy (non-hydrogen) atoms. The fourth-order valence-corrected chi connectivity index (χ4v) is 1.38. The zero-order valence-electron chi connectivity index (χ0n) is 7.62. The molecule has 1 atom stereocenters. The maximum absolute atomic E-state index is 12.2. The molecule has 2 nitrogen and oxygen atoms in total. The molecular formula is C10H7F3N2. The van der Waals surface area contributed by atoms with Gasteiger partial charge in [0.2, 0.25) is 0 Å². The maximum Gasteiger partial charge on any atom is 0.416 e. The molecule has 2 rings (SSSR count). The first-order chi connectivity index (χ1) is 7.02. The van der Waals surface area contributed by atoms with E-state index in [1.807, 2.05) is 6.07 Å². The van der Waals surface area contributed by atoms with Crippen LogP contribution in [-0.4, -0.2) is 12.6 Å². The Morgan fingerprint density at radius 3 is 2.27 bits per heavy atom. The second kappa shape index (κ2) is 3.16. The van der Waals surface area contributed by atoms with E-state index in [4.69, 9.17) is 5.26 Å². The molecule has 0 radical (unpaired) electrons. The third kappa shape index (κ3) is 1.89. The van der Waals surface area contributed by atoms with Crippen molar-refractivity contribution >= 4 is 5.69 Å². The van der Waals surface area contributed by atoms with E-state index in [2.05, 4.69) is 0 Å². The molecule has 1 aromatic rings. The highest BCUT2D eigenvalue weighted by molar-refractivity contribution is 5.57. The van der Waals surface area contributed by atoms with Gasteiger partial charge < -0.3 is 4.90 Å². The quantitative estimate of drug-likeness (QED) is 0.668. The average molecular weight is 212 g/mol. The molecular weight excluding hydrogens is 205 g/mol. The summed E-state index contributed by atoms with van der Waals surface area (Å²) in [6.45, 7) is 0.599. The Bertz CT molecular complexity index is 402. The minimum Gasteiger partial charge on any atom is -0.351 e. The molecule has 1 aromatic carbocycles. The number of benzene rings is 1. The van der Waals surface area contributed by atoms with Gasteiger partial charge in [-0.25, -0.2) is 0 Å². The third-order valence-electron chi connectivity index (χ3n) is 2.29. The zero-order valence-corrected chi connectivity index (χ0v) is 7.62. The zero-order chi connectivity index (χ0) is 11.1. The van der Waals surface area contributed by atoms with Crippen molar-refractivity contribution in [2.75, 3.05) is 11.4 Å². The Morgan fingerprint density at radius 1 is 1.27 bits per heavy atom. The summed E-state index contributed by atoms with van der Waals surface area (Å²) < 4.78 is 36.6. The van der Waals surface area contributed by atoms with Gasteiger partial charge in [0.15, 0.2) is 0 Å². The van der Waals surface area contributed by atoms with Crippen LogP contribution in [0.15, 0.2) is 24.3 Å². The first-order valence-electron chi connectivity index (χ1n) is 4.36. The van der Waals surface area contributed by atoms with Crippen LogP contribution < -0.4 is 4.90 Å². The lowest BCUT2D eigenvalue weighted by atomic mass is 10.2. The number of rotatable bonds is 1. The molecule has 78 valence electrons. The molecule has 0 saturated carbocycles. The number of halogens is 3. The lowest BCUT2D eigenvalue weighted by Crippen LogP contribution is -2.05. The van der Waals surface area contributed by atoms with Crippen molar-refractivity contribution in [2.45, 2.75) is 12.2 Å². The van der Waals surface area contributed by atoms with Crippen LogP contribution in [0, 0.1) is 11.3 Å². The van der Waals surface area contributed by atoms with Gasteiger partial charge in [-0.15, -0.1) is 0 Å². The van der Waals surface area contributed by atoms with Gasteiger partial charge in [-0.2, -0.15) is 18.4 Å². The smallest absolute Gasteiger partial charge is 0.351 e. The van der Waals surface area contributed by atoms with Crippen molar-refractivity contribution in [3.63, 3.8) is 0 Å². The van der Waals surface area contributed by atoms with Gasteiger partial charge >= 0.3 is 6.18 Å². The van der Waals surface area contributed by atoms with Crippen molar-refractivity contribution in [3.8, 4) is 6.07 Å². The topological polar surface area (TPSA) is 26.8 Å². The first kappa shape index (κ1) is 9.84.